The van der Waals surface area contributed by atoms with Crippen molar-refractivity contribution in [1.29, 1.82) is 0 Å². The van der Waals surface area contributed by atoms with Crippen LogP contribution in [0.2, 0.25) is 0 Å². The average Bonchev–Trinajstić information content (AvgIpc) is 2.22. The Kier molecular flexibility index (Phi) is 2.62. The molecule has 0 aliphatic heterocycles. The Hall–Kier alpha value is -0.990. The quantitative estimate of drug-likeness (QED) is 0.646. The summed E-state index contributed by atoms with van der Waals surface area (Å²) < 4.78 is 3.64. The SMILES string of the molecule is Cc1cn(C(C)(C)C)c(=O)n1C(C)(C)C. The molecule has 3 nitrogen and oxygen atoms in total. The Labute approximate surface area is 91.7 Å². The molecule has 86 valence electrons. The summed E-state index contributed by atoms with van der Waals surface area (Å²) in [6, 6.07) is 0. The number of aryl methyl sites for hydroxylation is 1. The van der Waals surface area contributed by atoms with Crippen molar-refractivity contribution in [2.45, 2.75) is 59.5 Å². The third-order valence-corrected chi connectivity index (χ3v) is 2.46. The van der Waals surface area contributed by atoms with Gasteiger partial charge in [-0.1, -0.05) is 0 Å². The average molecular weight is 210 g/mol. The van der Waals surface area contributed by atoms with Crippen LogP contribution in [-0.4, -0.2) is 9.13 Å². The maximum Gasteiger partial charge on any atom is 0.329 e. The van der Waals surface area contributed by atoms with Crippen LogP contribution in [0.5, 0.6) is 0 Å². The molecule has 0 saturated carbocycles. The first-order valence-corrected chi connectivity index (χ1v) is 5.37. The lowest BCUT2D eigenvalue weighted by Crippen LogP contribution is -2.39. The summed E-state index contributed by atoms with van der Waals surface area (Å²) in [6.07, 6.45) is 1.94. The molecule has 0 fully saturated rings. The summed E-state index contributed by atoms with van der Waals surface area (Å²) in [7, 11) is 0. The van der Waals surface area contributed by atoms with E-state index in [1.54, 1.807) is 4.57 Å². The highest BCUT2D eigenvalue weighted by Crippen LogP contribution is 2.17. The van der Waals surface area contributed by atoms with E-state index in [-0.39, 0.29) is 16.8 Å². The van der Waals surface area contributed by atoms with E-state index in [0.29, 0.717) is 0 Å². The molecule has 0 spiro atoms. The van der Waals surface area contributed by atoms with Crippen LogP contribution < -0.4 is 5.69 Å². The number of aromatic nitrogens is 2. The molecule has 0 radical (unpaired) electrons. The van der Waals surface area contributed by atoms with Crippen LogP contribution in [0.4, 0.5) is 0 Å². The maximum absolute atomic E-state index is 12.2. The zero-order valence-electron chi connectivity index (χ0n) is 10.9. The minimum atomic E-state index is -0.155. The second kappa shape index (κ2) is 3.26. The third kappa shape index (κ3) is 2.16. The highest BCUT2D eigenvalue weighted by Gasteiger charge is 2.24. The van der Waals surface area contributed by atoms with Crippen molar-refractivity contribution in [2.24, 2.45) is 0 Å². The van der Waals surface area contributed by atoms with Crippen molar-refractivity contribution in [3.8, 4) is 0 Å². The van der Waals surface area contributed by atoms with Gasteiger partial charge < -0.3 is 0 Å². The summed E-state index contributed by atoms with van der Waals surface area (Å²) in [6.45, 7) is 14.3. The molecule has 0 bridgehead atoms. The third-order valence-electron chi connectivity index (χ3n) is 2.46. The molecule has 3 heteroatoms. The summed E-state index contributed by atoms with van der Waals surface area (Å²) in [4.78, 5) is 12.2. The van der Waals surface area contributed by atoms with E-state index in [9.17, 15) is 4.79 Å². The molecule has 0 atom stereocenters. The molecule has 0 aliphatic carbocycles. The van der Waals surface area contributed by atoms with Gasteiger partial charge in [0.1, 0.15) is 0 Å². The van der Waals surface area contributed by atoms with Gasteiger partial charge >= 0.3 is 5.69 Å². The van der Waals surface area contributed by atoms with Gasteiger partial charge in [-0.05, 0) is 48.5 Å². The maximum atomic E-state index is 12.2. The second-order valence-electron chi connectivity index (χ2n) is 6.10. The minimum Gasteiger partial charge on any atom is -0.294 e. The summed E-state index contributed by atoms with van der Waals surface area (Å²) in [5, 5.41) is 0. The van der Waals surface area contributed by atoms with E-state index in [0.717, 1.165) is 5.69 Å². The van der Waals surface area contributed by atoms with E-state index in [1.165, 1.54) is 0 Å². The minimum absolute atomic E-state index is 0.0764. The van der Waals surface area contributed by atoms with Gasteiger partial charge in [0.25, 0.3) is 0 Å². The van der Waals surface area contributed by atoms with E-state index >= 15 is 0 Å². The fraction of sp³-hybridized carbons (Fsp3) is 0.750. The van der Waals surface area contributed by atoms with Crippen LogP contribution in [-0.2, 0) is 11.1 Å². The monoisotopic (exact) mass is 210 g/mol. The fourth-order valence-electron chi connectivity index (χ4n) is 1.85. The molecule has 1 aromatic rings. The second-order valence-corrected chi connectivity index (χ2v) is 6.10. The van der Waals surface area contributed by atoms with Crippen LogP contribution in [0.25, 0.3) is 0 Å². The highest BCUT2D eigenvalue weighted by molar-refractivity contribution is 5.04. The molecular formula is C12H22N2O. The topological polar surface area (TPSA) is 26.9 Å². The summed E-state index contributed by atoms with van der Waals surface area (Å²) in [5.74, 6) is 0. The van der Waals surface area contributed by atoms with Crippen LogP contribution in [0.3, 0.4) is 0 Å². The van der Waals surface area contributed by atoms with Crippen LogP contribution in [0.1, 0.15) is 47.2 Å². The van der Waals surface area contributed by atoms with Crippen LogP contribution in [0, 0.1) is 6.92 Å². The van der Waals surface area contributed by atoms with Gasteiger partial charge in [0.15, 0.2) is 0 Å². The largest absolute Gasteiger partial charge is 0.329 e. The molecular weight excluding hydrogens is 188 g/mol. The molecule has 0 saturated heterocycles. The first-order chi connectivity index (χ1) is 6.55. The number of imidazole rings is 1. The zero-order valence-corrected chi connectivity index (χ0v) is 10.9. The van der Waals surface area contributed by atoms with Crippen molar-refractivity contribution in [3.05, 3.63) is 22.4 Å². The van der Waals surface area contributed by atoms with Crippen molar-refractivity contribution < 1.29 is 0 Å². The summed E-state index contributed by atoms with van der Waals surface area (Å²) >= 11 is 0. The molecule has 0 aliphatic rings. The Balaban J connectivity index is 3.48. The molecule has 0 aromatic carbocycles. The normalized spacial score (nSPS) is 13.3. The predicted molar refractivity (Wildman–Crippen MR) is 63.4 cm³/mol. The van der Waals surface area contributed by atoms with Gasteiger partial charge in [-0.2, -0.15) is 0 Å². The van der Waals surface area contributed by atoms with Crippen molar-refractivity contribution in [2.75, 3.05) is 0 Å². The summed E-state index contributed by atoms with van der Waals surface area (Å²) in [5.41, 5.74) is 0.783. The first kappa shape index (κ1) is 12.1. The lowest BCUT2D eigenvalue weighted by molar-refractivity contribution is 0.340. The molecule has 1 aromatic heterocycles. The molecule has 1 heterocycles. The Bertz CT molecular complexity index is 410. The molecule has 0 unspecified atom stereocenters. The first-order valence-electron chi connectivity index (χ1n) is 5.37. The smallest absolute Gasteiger partial charge is 0.294 e. The standard InChI is InChI=1S/C12H22N2O/c1-9-8-13(11(2,3)4)10(15)14(9)12(5,6)7/h8H,1-7H3. The Morgan fingerprint density at radius 3 is 1.67 bits per heavy atom. The van der Waals surface area contributed by atoms with Gasteiger partial charge in [0, 0.05) is 23.0 Å². The lowest BCUT2D eigenvalue weighted by atomic mass is 10.1. The van der Waals surface area contributed by atoms with Crippen molar-refractivity contribution in [1.82, 2.24) is 9.13 Å². The van der Waals surface area contributed by atoms with Gasteiger partial charge in [-0.25, -0.2) is 4.79 Å². The van der Waals surface area contributed by atoms with Crippen molar-refractivity contribution >= 4 is 0 Å². The Morgan fingerprint density at radius 1 is 1.00 bits per heavy atom. The molecule has 0 N–H and O–H groups in total. The van der Waals surface area contributed by atoms with E-state index in [4.69, 9.17) is 0 Å². The van der Waals surface area contributed by atoms with Crippen LogP contribution >= 0.6 is 0 Å². The van der Waals surface area contributed by atoms with Gasteiger partial charge in [-0.3, -0.25) is 9.13 Å². The zero-order chi connectivity index (χ0) is 12.0. The van der Waals surface area contributed by atoms with Gasteiger partial charge in [0.05, 0.1) is 0 Å². The molecule has 0 amide bonds. The van der Waals surface area contributed by atoms with E-state index in [2.05, 4.69) is 20.8 Å². The van der Waals surface area contributed by atoms with E-state index in [1.807, 2.05) is 38.5 Å². The lowest BCUT2D eigenvalue weighted by Gasteiger charge is -2.23. The van der Waals surface area contributed by atoms with Gasteiger partial charge in [0.2, 0.25) is 0 Å². The number of hydrogen-bond acceptors (Lipinski definition) is 1. The molecule has 15 heavy (non-hydrogen) atoms. The number of rotatable bonds is 0. The Morgan fingerprint density at radius 2 is 1.47 bits per heavy atom. The van der Waals surface area contributed by atoms with Crippen molar-refractivity contribution in [3.63, 3.8) is 0 Å². The number of hydrogen-bond donors (Lipinski definition) is 0. The molecule has 1 rings (SSSR count). The van der Waals surface area contributed by atoms with Crippen LogP contribution in [0.15, 0.2) is 11.0 Å². The number of nitrogens with zero attached hydrogens (tertiary/aromatic N) is 2. The highest BCUT2D eigenvalue weighted by atomic mass is 16.2. The predicted octanol–water partition coefficient (Wildman–Crippen LogP) is 2.47. The van der Waals surface area contributed by atoms with E-state index < -0.39 is 0 Å². The van der Waals surface area contributed by atoms with Gasteiger partial charge in [-0.15, -0.1) is 0 Å². The fourth-order valence-corrected chi connectivity index (χ4v) is 1.85.